The van der Waals surface area contributed by atoms with Crippen LogP contribution in [0.15, 0.2) is 75.9 Å². The molecule has 5 rings (SSSR count). The number of ether oxygens (including phenoxy) is 1. The van der Waals surface area contributed by atoms with Gasteiger partial charge in [-0.2, -0.15) is 0 Å². The minimum absolute atomic E-state index is 0.196. The van der Waals surface area contributed by atoms with Crippen molar-refractivity contribution < 1.29 is 23.5 Å². The van der Waals surface area contributed by atoms with Crippen molar-refractivity contribution in [3.63, 3.8) is 0 Å². The summed E-state index contributed by atoms with van der Waals surface area (Å²) in [4.78, 5) is 50.1. The van der Waals surface area contributed by atoms with E-state index >= 15 is 0 Å². The molecule has 2 heterocycles. The first-order valence-electron chi connectivity index (χ1n) is 9.58. The Hall–Kier alpha value is -4.26. The van der Waals surface area contributed by atoms with Crippen LogP contribution in [-0.4, -0.2) is 29.2 Å². The molecule has 0 spiro atoms. The number of fused-ring (bicyclic) bond motifs is 4. The first-order chi connectivity index (χ1) is 15.0. The largest absolute Gasteiger partial charge is 0.459 e. The van der Waals surface area contributed by atoms with Crippen molar-refractivity contribution in [2.75, 3.05) is 6.54 Å². The van der Waals surface area contributed by atoms with E-state index in [-0.39, 0.29) is 17.7 Å². The molecule has 4 aromatic rings. The molecule has 0 bridgehead atoms. The molecule has 3 aromatic carbocycles. The fourth-order valence-electron chi connectivity index (χ4n) is 3.85. The molecule has 1 aromatic heterocycles. The minimum Gasteiger partial charge on any atom is -0.459 e. The van der Waals surface area contributed by atoms with Crippen LogP contribution in [0.25, 0.3) is 21.7 Å². The molecule has 0 unspecified atom stereocenters. The zero-order valence-electron chi connectivity index (χ0n) is 16.2. The van der Waals surface area contributed by atoms with Crippen molar-refractivity contribution in [1.29, 1.82) is 0 Å². The van der Waals surface area contributed by atoms with Crippen molar-refractivity contribution in [3.8, 4) is 0 Å². The molecule has 7 heteroatoms. The molecule has 0 saturated heterocycles. The van der Waals surface area contributed by atoms with Crippen molar-refractivity contribution in [3.05, 3.63) is 93.8 Å². The Morgan fingerprint density at radius 3 is 2.29 bits per heavy atom. The molecule has 0 radical (unpaired) electrons. The van der Waals surface area contributed by atoms with E-state index in [1.807, 2.05) is 30.3 Å². The normalized spacial score (nSPS) is 13.1. The van der Waals surface area contributed by atoms with Gasteiger partial charge in [-0.25, -0.2) is 4.79 Å². The van der Waals surface area contributed by atoms with Crippen molar-refractivity contribution in [2.45, 2.75) is 6.61 Å². The summed E-state index contributed by atoms with van der Waals surface area (Å²) >= 11 is 0. The molecule has 7 nitrogen and oxygen atoms in total. The average molecular weight is 413 g/mol. The van der Waals surface area contributed by atoms with Gasteiger partial charge in [0.25, 0.3) is 11.8 Å². The summed E-state index contributed by atoms with van der Waals surface area (Å²) in [5.41, 5.74) is 0.836. The van der Waals surface area contributed by atoms with Crippen LogP contribution in [0.2, 0.25) is 0 Å². The summed E-state index contributed by atoms with van der Waals surface area (Å²) in [6.07, 6.45) is 0. The highest BCUT2D eigenvalue weighted by atomic mass is 16.5. The smallest absolute Gasteiger partial charge is 0.336 e. The van der Waals surface area contributed by atoms with Crippen LogP contribution in [-0.2, 0) is 16.1 Å². The summed E-state index contributed by atoms with van der Waals surface area (Å²) < 4.78 is 10.6. The summed E-state index contributed by atoms with van der Waals surface area (Å²) in [5.74, 6) is -1.82. The third kappa shape index (κ3) is 3.16. The van der Waals surface area contributed by atoms with E-state index in [0.29, 0.717) is 16.5 Å². The van der Waals surface area contributed by atoms with Gasteiger partial charge in [0.1, 0.15) is 18.7 Å². The van der Waals surface area contributed by atoms with Crippen molar-refractivity contribution >= 4 is 39.5 Å². The summed E-state index contributed by atoms with van der Waals surface area (Å²) in [5, 5.41) is 2.48. The Balaban J connectivity index is 1.40. The highest BCUT2D eigenvalue weighted by molar-refractivity contribution is 6.22. The second-order valence-electron chi connectivity index (χ2n) is 7.15. The maximum atomic E-state index is 12.4. The van der Waals surface area contributed by atoms with E-state index in [4.69, 9.17) is 9.15 Å². The lowest BCUT2D eigenvalue weighted by Gasteiger charge is -2.14. The molecule has 0 fully saturated rings. The molecular formula is C24H15NO6. The van der Waals surface area contributed by atoms with Gasteiger partial charge in [-0.1, -0.05) is 42.5 Å². The molecule has 1 aliphatic rings. The summed E-state index contributed by atoms with van der Waals surface area (Å²) in [7, 11) is 0. The number of nitrogens with zero attached hydrogens (tertiary/aromatic N) is 1. The molecule has 0 aliphatic carbocycles. The van der Waals surface area contributed by atoms with Gasteiger partial charge in [-0.15, -0.1) is 0 Å². The van der Waals surface area contributed by atoms with Crippen LogP contribution >= 0.6 is 0 Å². The Morgan fingerprint density at radius 1 is 0.871 bits per heavy atom. The number of esters is 1. The molecule has 2 amide bonds. The van der Waals surface area contributed by atoms with Gasteiger partial charge < -0.3 is 9.15 Å². The fourth-order valence-corrected chi connectivity index (χ4v) is 3.85. The lowest BCUT2D eigenvalue weighted by Crippen LogP contribution is -2.35. The van der Waals surface area contributed by atoms with Gasteiger partial charge in [-0.3, -0.25) is 19.3 Å². The van der Waals surface area contributed by atoms with E-state index in [0.717, 1.165) is 15.7 Å². The number of rotatable bonds is 4. The quantitative estimate of drug-likeness (QED) is 0.221. The van der Waals surface area contributed by atoms with E-state index in [9.17, 15) is 19.2 Å². The van der Waals surface area contributed by atoms with Gasteiger partial charge in [0.2, 0.25) is 0 Å². The Kier molecular flexibility index (Phi) is 4.36. The lowest BCUT2D eigenvalue weighted by atomic mass is 10.0. The first-order valence-corrected chi connectivity index (χ1v) is 9.58. The van der Waals surface area contributed by atoms with Crippen LogP contribution in [0.1, 0.15) is 26.3 Å². The predicted octanol–water partition coefficient (Wildman–Crippen LogP) is 3.29. The molecular weight excluding hydrogens is 398 g/mol. The van der Waals surface area contributed by atoms with E-state index in [1.54, 1.807) is 30.3 Å². The maximum absolute atomic E-state index is 12.4. The number of hydrogen-bond acceptors (Lipinski definition) is 6. The maximum Gasteiger partial charge on any atom is 0.336 e. The number of carbonyl (C=O) groups excluding carboxylic acids is 3. The number of amides is 2. The molecule has 0 atom stereocenters. The van der Waals surface area contributed by atoms with Crippen LogP contribution in [0.4, 0.5) is 0 Å². The molecule has 0 saturated carbocycles. The first kappa shape index (κ1) is 18.7. The lowest BCUT2D eigenvalue weighted by molar-refractivity contribution is -0.145. The van der Waals surface area contributed by atoms with E-state index in [2.05, 4.69) is 0 Å². The standard InChI is InChI=1S/C24H15NO6/c26-20-11-15(22-16-6-2-1-5-14(16)9-10-19(22)31-20)13-30-21(27)12-25-23(28)17-7-3-4-8-18(17)24(25)29/h1-11H,12-13H2. The highest BCUT2D eigenvalue weighted by Crippen LogP contribution is 2.28. The second-order valence-corrected chi connectivity index (χ2v) is 7.15. The number of imide groups is 1. The monoisotopic (exact) mass is 413 g/mol. The molecule has 31 heavy (non-hydrogen) atoms. The SMILES string of the molecule is O=C(CN1C(=O)c2ccccc2C1=O)OCc1cc(=O)oc2ccc3ccccc3c12. The van der Waals surface area contributed by atoms with Crippen LogP contribution < -0.4 is 5.63 Å². The Labute approximate surface area is 175 Å². The van der Waals surface area contributed by atoms with Gasteiger partial charge >= 0.3 is 11.6 Å². The van der Waals surface area contributed by atoms with Crippen molar-refractivity contribution in [2.24, 2.45) is 0 Å². The highest BCUT2D eigenvalue weighted by Gasteiger charge is 2.36. The minimum atomic E-state index is -0.754. The number of benzene rings is 3. The summed E-state index contributed by atoms with van der Waals surface area (Å²) in [6.45, 7) is -0.704. The molecule has 152 valence electrons. The Morgan fingerprint density at radius 2 is 1.55 bits per heavy atom. The molecule has 0 N–H and O–H groups in total. The third-order valence-corrected chi connectivity index (χ3v) is 5.27. The fraction of sp³-hybridized carbons (Fsp3) is 0.0833. The van der Waals surface area contributed by atoms with Gasteiger partial charge in [-0.05, 0) is 29.0 Å². The van der Waals surface area contributed by atoms with Crippen LogP contribution in [0.5, 0.6) is 0 Å². The number of hydrogen-bond donors (Lipinski definition) is 0. The van der Waals surface area contributed by atoms with E-state index in [1.165, 1.54) is 6.07 Å². The Bertz CT molecular complexity index is 1420. The third-order valence-electron chi connectivity index (χ3n) is 5.27. The van der Waals surface area contributed by atoms with E-state index < -0.39 is 30.0 Å². The average Bonchev–Trinajstić information content (AvgIpc) is 3.02. The van der Waals surface area contributed by atoms with Crippen molar-refractivity contribution in [1.82, 2.24) is 4.90 Å². The van der Waals surface area contributed by atoms with Gasteiger partial charge in [0.15, 0.2) is 0 Å². The summed E-state index contributed by atoms with van der Waals surface area (Å²) in [6, 6.07) is 18.8. The van der Waals surface area contributed by atoms with Gasteiger partial charge in [0, 0.05) is 17.0 Å². The number of carbonyl (C=O) groups is 3. The van der Waals surface area contributed by atoms with Gasteiger partial charge in [0.05, 0.1) is 11.1 Å². The topological polar surface area (TPSA) is 93.9 Å². The van der Waals surface area contributed by atoms with Crippen LogP contribution in [0.3, 0.4) is 0 Å². The predicted molar refractivity (Wildman–Crippen MR) is 112 cm³/mol. The molecule has 1 aliphatic heterocycles. The second kappa shape index (κ2) is 7.21. The zero-order valence-corrected chi connectivity index (χ0v) is 16.2. The zero-order chi connectivity index (χ0) is 21.5. The van der Waals surface area contributed by atoms with Crippen LogP contribution in [0, 0.1) is 0 Å².